The van der Waals surface area contributed by atoms with Gasteiger partial charge in [-0.3, -0.25) is 0 Å². The molecular weight excluding hydrogens is 214 g/mol. The molecule has 15 heavy (non-hydrogen) atoms. The number of alkyl carbamates (subject to hydrolysis) is 1. The lowest BCUT2D eigenvalue weighted by atomic mass is 10.0. The normalized spacial score (nSPS) is 24.8. The van der Waals surface area contributed by atoms with Crippen molar-refractivity contribution in [2.75, 3.05) is 0 Å². The maximum absolute atomic E-state index is 11.1. The lowest BCUT2D eigenvalue weighted by molar-refractivity contribution is 0.131. The van der Waals surface area contributed by atoms with Crippen molar-refractivity contribution in [3.05, 3.63) is 34.9 Å². The third-order valence-electron chi connectivity index (χ3n) is 2.54. The zero-order valence-corrected chi connectivity index (χ0v) is 9.12. The first-order chi connectivity index (χ1) is 7.20. The van der Waals surface area contributed by atoms with Gasteiger partial charge in [-0.05, 0) is 24.1 Å². The van der Waals surface area contributed by atoms with Gasteiger partial charge in [0.15, 0.2) is 0 Å². The van der Waals surface area contributed by atoms with Gasteiger partial charge in [-0.1, -0.05) is 30.7 Å². The van der Waals surface area contributed by atoms with Crippen LogP contribution in [-0.4, -0.2) is 12.1 Å². The number of carbonyl (C=O) groups is 1. The topological polar surface area (TPSA) is 38.3 Å². The summed E-state index contributed by atoms with van der Waals surface area (Å²) >= 11 is 5.79. The van der Waals surface area contributed by atoms with E-state index in [-0.39, 0.29) is 18.2 Å². The van der Waals surface area contributed by atoms with E-state index in [4.69, 9.17) is 16.3 Å². The molecule has 0 unspecified atom stereocenters. The molecule has 1 aliphatic rings. The second-order valence-corrected chi connectivity index (χ2v) is 3.97. The molecule has 1 saturated heterocycles. The molecular formula is C11H12ClNO2. The van der Waals surface area contributed by atoms with Crippen molar-refractivity contribution in [3.63, 3.8) is 0 Å². The standard InChI is InChI=1S/C11H12ClNO2/c1-2-9-10(15-11(14)13-9)7-3-5-8(12)6-4-7/h3-6,9-10H,2H2,1H3,(H,13,14)/t9-,10+/m1/s1. The van der Waals surface area contributed by atoms with Gasteiger partial charge in [0.2, 0.25) is 0 Å². The van der Waals surface area contributed by atoms with Crippen LogP contribution in [0.15, 0.2) is 24.3 Å². The molecule has 1 aromatic rings. The zero-order chi connectivity index (χ0) is 10.8. The Balaban J connectivity index is 2.22. The van der Waals surface area contributed by atoms with Crippen molar-refractivity contribution in [1.29, 1.82) is 0 Å². The van der Waals surface area contributed by atoms with Crippen LogP contribution in [0, 0.1) is 0 Å². The van der Waals surface area contributed by atoms with E-state index in [1.807, 2.05) is 19.1 Å². The number of halogens is 1. The Hall–Kier alpha value is -1.22. The number of hydrogen-bond acceptors (Lipinski definition) is 2. The van der Waals surface area contributed by atoms with Gasteiger partial charge < -0.3 is 10.1 Å². The molecule has 0 spiro atoms. The fourth-order valence-corrected chi connectivity index (χ4v) is 1.85. The summed E-state index contributed by atoms with van der Waals surface area (Å²) in [5.41, 5.74) is 0.976. The van der Waals surface area contributed by atoms with Crippen molar-refractivity contribution in [2.45, 2.75) is 25.5 Å². The highest BCUT2D eigenvalue weighted by molar-refractivity contribution is 6.30. The van der Waals surface area contributed by atoms with E-state index in [9.17, 15) is 4.79 Å². The van der Waals surface area contributed by atoms with Gasteiger partial charge >= 0.3 is 6.09 Å². The van der Waals surface area contributed by atoms with E-state index in [0.29, 0.717) is 5.02 Å². The van der Waals surface area contributed by atoms with Gasteiger partial charge in [-0.2, -0.15) is 0 Å². The summed E-state index contributed by atoms with van der Waals surface area (Å²) < 4.78 is 5.20. The Morgan fingerprint density at radius 3 is 2.67 bits per heavy atom. The van der Waals surface area contributed by atoms with Gasteiger partial charge in [-0.25, -0.2) is 4.79 Å². The number of hydrogen-bond donors (Lipinski definition) is 1. The third kappa shape index (κ3) is 2.07. The van der Waals surface area contributed by atoms with Gasteiger partial charge in [0.25, 0.3) is 0 Å². The molecule has 2 rings (SSSR count). The minimum atomic E-state index is -0.346. The van der Waals surface area contributed by atoms with E-state index < -0.39 is 0 Å². The Morgan fingerprint density at radius 2 is 2.07 bits per heavy atom. The maximum atomic E-state index is 11.1. The first-order valence-electron chi connectivity index (χ1n) is 4.93. The highest BCUT2D eigenvalue weighted by atomic mass is 35.5. The fraction of sp³-hybridized carbons (Fsp3) is 0.364. The molecule has 1 N–H and O–H groups in total. The van der Waals surface area contributed by atoms with Crippen LogP contribution in [0.3, 0.4) is 0 Å². The highest BCUT2D eigenvalue weighted by Gasteiger charge is 2.33. The smallest absolute Gasteiger partial charge is 0.408 e. The highest BCUT2D eigenvalue weighted by Crippen LogP contribution is 2.28. The summed E-state index contributed by atoms with van der Waals surface area (Å²) in [4.78, 5) is 11.1. The van der Waals surface area contributed by atoms with E-state index in [0.717, 1.165) is 12.0 Å². The summed E-state index contributed by atoms with van der Waals surface area (Å²) in [5.74, 6) is 0. The van der Waals surface area contributed by atoms with Crippen LogP contribution in [0.5, 0.6) is 0 Å². The van der Waals surface area contributed by atoms with Gasteiger partial charge in [0, 0.05) is 5.02 Å². The van der Waals surface area contributed by atoms with E-state index in [2.05, 4.69) is 5.32 Å². The van der Waals surface area contributed by atoms with Crippen LogP contribution < -0.4 is 5.32 Å². The molecule has 1 aromatic carbocycles. The van der Waals surface area contributed by atoms with E-state index in [1.165, 1.54) is 0 Å². The first kappa shape index (κ1) is 10.3. The second-order valence-electron chi connectivity index (χ2n) is 3.54. The third-order valence-corrected chi connectivity index (χ3v) is 2.79. The average molecular weight is 226 g/mol. The maximum Gasteiger partial charge on any atom is 0.408 e. The van der Waals surface area contributed by atoms with Crippen LogP contribution in [0.25, 0.3) is 0 Å². The molecule has 0 aromatic heterocycles. The monoisotopic (exact) mass is 225 g/mol. The molecule has 4 heteroatoms. The predicted octanol–water partition coefficient (Wildman–Crippen LogP) is 2.90. The zero-order valence-electron chi connectivity index (χ0n) is 8.37. The lowest BCUT2D eigenvalue weighted by Crippen LogP contribution is -2.26. The van der Waals surface area contributed by atoms with Gasteiger partial charge in [0.05, 0.1) is 6.04 Å². The Bertz CT molecular complexity index is 363. The predicted molar refractivity (Wildman–Crippen MR) is 57.9 cm³/mol. The van der Waals surface area contributed by atoms with Crippen molar-refractivity contribution in [2.24, 2.45) is 0 Å². The Labute approximate surface area is 93.4 Å². The largest absolute Gasteiger partial charge is 0.439 e. The minimum absolute atomic E-state index is 0.0543. The number of nitrogens with one attached hydrogen (secondary N) is 1. The molecule has 1 aliphatic heterocycles. The molecule has 0 aliphatic carbocycles. The SMILES string of the molecule is CC[C@H]1NC(=O)O[C@H]1c1ccc(Cl)cc1. The summed E-state index contributed by atoms with van der Waals surface area (Å²) in [5, 5.41) is 3.46. The molecule has 0 saturated carbocycles. The Kier molecular flexibility index (Phi) is 2.82. The summed E-state index contributed by atoms with van der Waals surface area (Å²) in [6.45, 7) is 2.02. The molecule has 1 heterocycles. The van der Waals surface area contributed by atoms with Crippen LogP contribution in [-0.2, 0) is 4.74 Å². The molecule has 0 bridgehead atoms. The molecule has 80 valence electrons. The van der Waals surface area contributed by atoms with Crippen LogP contribution in [0.4, 0.5) is 4.79 Å². The average Bonchev–Trinajstić information content (AvgIpc) is 2.61. The summed E-state index contributed by atoms with van der Waals surface area (Å²) in [7, 11) is 0. The number of rotatable bonds is 2. The number of benzene rings is 1. The molecule has 1 amide bonds. The van der Waals surface area contributed by atoms with Crippen LogP contribution >= 0.6 is 11.6 Å². The number of ether oxygens (including phenoxy) is 1. The second kappa shape index (κ2) is 4.11. The minimum Gasteiger partial charge on any atom is -0.439 e. The fourth-order valence-electron chi connectivity index (χ4n) is 1.73. The molecule has 1 fully saturated rings. The quantitative estimate of drug-likeness (QED) is 0.841. The molecule has 0 radical (unpaired) electrons. The van der Waals surface area contributed by atoms with Crippen molar-refractivity contribution < 1.29 is 9.53 Å². The van der Waals surface area contributed by atoms with E-state index in [1.54, 1.807) is 12.1 Å². The number of carbonyl (C=O) groups excluding carboxylic acids is 1. The number of amides is 1. The number of cyclic esters (lactones) is 1. The van der Waals surface area contributed by atoms with Crippen molar-refractivity contribution in [1.82, 2.24) is 5.32 Å². The summed E-state index contributed by atoms with van der Waals surface area (Å²) in [6, 6.07) is 7.43. The lowest BCUT2D eigenvalue weighted by Gasteiger charge is -2.15. The molecule has 2 atom stereocenters. The van der Waals surface area contributed by atoms with Crippen molar-refractivity contribution in [3.8, 4) is 0 Å². The van der Waals surface area contributed by atoms with Gasteiger partial charge in [0.1, 0.15) is 6.10 Å². The first-order valence-corrected chi connectivity index (χ1v) is 5.31. The van der Waals surface area contributed by atoms with Crippen LogP contribution in [0.1, 0.15) is 25.0 Å². The molecule has 3 nitrogen and oxygen atoms in total. The Morgan fingerprint density at radius 1 is 1.40 bits per heavy atom. The van der Waals surface area contributed by atoms with Crippen molar-refractivity contribution >= 4 is 17.7 Å². The van der Waals surface area contributed by atoms with E-state index >= 15 is 0 Å². The van der Waals surface area contributed by atoms with Crippen LogP contribution in [0.2, 0.25) is 5.02 Å². The van der Waals surface area contributed by atoms with Gasteiger partial charge in [-0.15, -0.1) is 0 Å². The summed E-state index contributed by atoms with van der Waals surface area (Å²) in [6.07, 6.45) is 0.306.